The van der Waals surface area contributed by atoms with Crippen molar-refractivity contribution in [2.75, 3.05) is 6.54 Å². The maximum atomic E-state index is 12.0. The van der Waals surface area contributed by atoms with E-state index in [4.69, 9.17) is 0 Å². The Balaban J connectivity index is 2.02. The van der Waals surface area contributed by atoms with Crippen molar-refractivity contribution in [3.8, 4) is 11.8 Å². The average molecular weight is 293 g/mol. The molecule has 1 N–H and O–H groups in total. The molecule has 0 unspecified atom stereocenters. The lowest BCUT2D eigenvalue weighted by Crippen LogP contribution is -2.32. The highest BCUT2D eigenvalue weighted by Crippen LogP contribution is 2.10. The molecule has 0 bridgehead atoms. The van der Waals surface area contributed by atoms with Crippen LogP contribution >= 0.6 is 0 Å². The third-order valence-corrected chi connectivity index (χ3v) is 2.79. The molecule has 0 saturated carbocycles. The van der Waals surface area contributed by atoms with Gasteiger partial charge >= 0.3 is 0 Å². The number of aromatic nitrogens is 2. The Morgan fingerprint density at radius 2 is 1.86 bits per heavy atom. The Morgan fingerprint density at radius 1 is 1.14 bits per heavy atom. The third kappa shape index (κ3) is 5.02. The van der Waals surface area contributed by atoms with Gasteiger partial charge in [-0.1, -0.05) is 32.6 Å². The highest BCUT2D eigenvalue weighted by molar-refractivity contribution is 5.92. The van der Waals surface area contributed by atoms with E-state index in [1.54, 1.807) is 30.7 Å². The number of rotatable bonds is 2. The smallest absolute Gasteiger partial charge is 0.269 e. The molecule has 0 aliphatic heterocycles. The minimum Gasteiger partial charge on any atom is -0.350 e. The van der Waals surface area contributed by atoms with Crippen molar-refractivity contribution in [1.29, 1.82) is 0 Å². The average Bonchev–Trinajstić information content (AvgIpc) is 2.51. The fraction of sp³-hybridized carbons (Fsp3) is 0.278. The van der Waals surface area contributed by atoms with Crippen LogP contribution in [-0.2, 0) is 0 Å². The van der Waals surface area contributed by atoms with E-state index >= 15 is 0 Å². The predicted octanol–water partition coefficient (Wildman–Crippen LogP) is 2.65. The van der Waals surface area contributed by atoms with Gasteiger partial charge in [0.05, 0.1) is 0 Å². The monoisotopic (exact) mass is 293 g/mol. The molecule has 0 fully saturated rings. The molecule has 0 aliphatic carbocycles. The summed E-state index contributed by atoms with van der Waals surface area (Å²) in [6.07, 6.45) is 5.02. The number of hydrogen-bond acceptors (Lipinski definition) is 3. The second kappa shape index (κ2) is 6.86. The van der Waals surface area contributed by atoms with Crippen LogP contribution in [0.2, 0.25) is 0 Å². The van der Waals surface area contributed by atoms with Crippen LogP contribution in [0, 0.1) is 17.3 Å². The number of hydrogen-bond donors (Lipinski definition) is 1. The summed E-state index contributed by atoms with van der Waals surface area (Å²) in [5.41, 5.74) is 2.05. The minimum atomic E-state index is -0.165. The summed E-state index contributed by atoms with van der Waals surface area (Å²) in [6, 6.07) is 7.21. The zero-order valence-electron chi connectivity index (χ0n) is 13.1. The molecule has 1 amide bonds. The molecule has 0 saturated heterocycles. The summed E-state index contributed by atoms with van der Waals surface area (Å²) in [6.45, 7) is 6.81. The molecular formula is C18H19N3O. The van der Waals surface area contributed by atoms with Crippen molar-refractivity contribution < 1.29 is 4.79 Å². The number of amides is 1. The van der Waals surface area contributed by atoms with Crippen LogP contribution in [0.4, 0.5) is 0 Å². The summed E-state index contributed by atoms with van der Waals surface area (Å²) in [5.74, 6) is 5.84. The first-order valence-electron chi connectivity index (χ1n) is 7.10. The molecule has 4 nitrogen and oxygen atoms in total. The van der Waals surface area contributed by atoms with Gasteiger partial charge in [0.25, 0.3) is 5.91 Å². The molecule has 0 atom stereocenters. The van der Waals surface area contributed by atoms with Crippen molar-refractivity contribution in [3.05, 3.63) is 59.7 Å². The molecule has 112 valence electrons. The van der Waals surface area contributed by atoms with Crippen molar-refractivity contribution in [2.45, 2.75) is 20.8 Å². The van der Waals surface area contributed by atoms with Crippen LogP contribution in [-0.4, -0.2) is 22.4 Å². The van der Waals surface area contributed by atoms with Gasteiger partial charge < -0.3 is 5.32 Å². The van der Waals surface area contributed by atoms with E-state index in [0.717, 1.165) is 11.1 Å². The highest BCUT2D eigenvalue weighted by atomic mass is 16.1. The van der Waals surface area contributed by atoms with Crippen LogP contribution in [0.3, 0.4) is 0 Å². The molecule has 2 aromatic rings. The summed E-state index contributed by atoms with van der Waals surface area (Å²) < 4.78 is 0. The molecule has 4 heteroatoms. The fourth-order valence-electron chi connectivity index (χ4n) is 1.62. The lowest BCUT2D eigenvalue weighted by molar-refractivity contribution is 0.0934. The van der Waals surface area contributed by atoms with Crippen LogP contribution < -0.4 is 5.32 Å². The first-order chi connectivity index (χ1) is 10.4. The van der Waals surface area contributed by atoms with Crippen LogP contribution in [0.5, 0.6) is 0 Å². The van der Waals surface area contributed by atoms with Gasteiger partial charge in [-0.3, -0.25) is 9.78 Å². The largest absolute Gasteiger partial charge is 0.350 e. The predicted molar refractivity (Wildman–Crippen MR) is 86.2 cm³/mol. The lowest BCUT2D eigenvalue weighted by Gasteiger charge is -2.18. The van der Waals surface area contributed by atoms with Crippen LogP contribution in [0.1, 0.15) is 42.4 Å². The number of pyridine rings is 2. The molecule has 0 spiro atoms. The van der Waals surface area contributed by atoms with E-state index in [9.17, 15) is 4.79 Å². The standard InChI is InChI=1S/C18H19N3O/c1-18(2,3)13-21-17(22)16-9-8-15(12-20-16)7-6-14-5-4-10-19-11-14/h4-5,8-12H,13H2,1-3H3,(H,21,22). The van der Waals surface area contributed by atoms with Gasteiger partial charge in [0.1, 0.15) is 5.69 Å². The number of nitrogens with zero attached hydrogens (tertiary/aromatic N) is 2. The Labute approximate surface area is 131 Å². The maximum absolute atomic E-state index is 12.0. The summed E-state index contributed by atoms with van der Waals surface area (Å²) in [5, 5.41) is 2.87. The second-order valence-electron chi connectivity index (χ2n) is 6.17. The molecule has 2 heterocycles. The van der Waals surface area contributed by atoms with Crippen LogP contribution in [0.25, 0.3) is 0 Å². The third-order valence-electron chi connectivity index (χ3n) is 2.79. The zero-order chi connectivity index (χ0) is 16.0. The van der Waals surface area contributed by atoms with Crippen LogP contribution in [0.15, 0.2) is 42.9 Å². The quantitative estimate of drug-likeness (QED) is 0.866. The van der Waals surface area contributed by atoms with Crippen molar-refractivity contribution in [2.24, 2.45) is 5.41 Å². The summed E-state index contributed by atoms with van der Waals surface area (Å²) >= 11 is 0. The first kappa shape index (κ1) is 15.7. The molecule has 2 aromatic heterocycles. The van der Waals surface area contributed by atoms with Gasteiger partial charge in [-0.15, -0.1) is 0 Å². The minimum absolute atomic E-state index is 0.0464. The molecule has 2 rings (SSSR count). The Morgan fingerprint density at radius 3 is 2.41 bits per heavy atom. The summed E-state index contributed by atoms with van der Waals surface area (Å²) in [4.78, 5) is 20.1. The normalized spacial score (nSPS) is 10.5. The fourth-order valence-corrected chi connectivity index (χ4v) is 1.62. The zero-order valence-corrected chi connectivity index (χ0v) is 13.1. The SMILES string of the molecule is CC(C)(C)CNC(=O)c1ccc(C#Cc2cccnc2)cn1. The van der Waals surface area contributed by atoms with Gasteiger partial charge in [-0.05, 0) is 29.7 Å². The molecule has 22 heavy (non-hydrogen) atoms. The van der Waals surface area contributed by atoms with Gasteiger partial charge in [0.15, 0.2) is 0 Å². The van der Waals surface area contributed by atoms with Gasteiger partial charge in [-0.25, -0.2) is 4.98 Å². The molecule has 0 aromatic carbocycles. The van der Waals surface area contributed by atoms with Crippen molar-refractivity contribution in [1.82, 2.24) is 15.3 Å². The Kier molecular flexibility index (Phi) is 4.90. The van der Waals surface area contributed by atoms with E-state index in [2.05, 4.69) is 47.9 Å². The van der Waals surface area contributed by atoms with E-state index in [-0.39, 0.29) is 11.3 Å². The van der Waals surface area contributed by atoms with Gasteiger partial charge in [-0.2, -0.15) is 0 Å². The summed E-state index contributed by atoms with van der Waals surface area (Å²) in [7, 11) is 0. The molecular weight excluding hydrogens is 274 g/mol. The van der Waals surface area contributed by atoms with E-state index < -0.39 is 0 Å². The Bertz CT molecular complexity index is 689. The van der Waals surface area contributed by atoms with E-state index in [1.807, 2.05) is 12.1 Å². The number of carbonyl (C=O) groups excluding carboxylic acids is 1. The highest BCUT2D eigenvalue weighted by Gasteiger charge is 2.13. The molecule has 0 aliphatic rings. The van der Waals surface area contributed by atoms with Crippen molar-refractivity contribution >= 4 is 5.91 Å². The van der Waals surface area contributed by atoms with E-state index in [0.29, 0.717) is 12.2 Å². The van der Waals surface area contributed by atoms with Crippen molar-refractivity contribution in [3.63, 3.8) is 0 Å². The topological polar surface area (TPSA) is 54.9 Å². The number of nitrogens with one attached hydrogen (secondary N) is 1. The van der Waals surface area contributed by atoms with E-state index in [1.165, 1.54) is 0 Å². The second-order valence-corrected chi connectivity index (χ2v) is 6.17. The first-order valence-corrected chi connectivity index (χ1v) is 7.10. The lowest BCUT2D eigenvalue weighted by atomic mass is 9.97. The Hall–Kier alpha value is -2.67. The van der Waals surface area contributed by atoms with Gasteiger partial charge in [0, 0.05) is 36.3 Å². The number of carbonyl (C=O) groups is 1. The maximum Gasteiger partial charge on any atom is 0.269 e. The molecule has 0 radical (unpaired) electrons. The van der Waals surface area contributed by atoms with Gasteiger partial charge in [0.2, 0.25) is 0 Å².